The van der Waals surface area contributed by atoms with E-state index in [1.54, 1.807) is 0 Å². The van der Waals surface area contributed by atoms with Crippen LogP contribution >= 0.6 is 0 Å². The molecule has 0 spiro atoms. The molecule has 2 heteroatoms. The molecule has 0 saturated carbocycles. The number of aromatic nitrogens is 2. The molecule has 0 aliphatic rings. The SMILES string of the molecule is c1ccc(-c2cc(-c3ccc(C(c4ccccc4)c4ccccc4)cc3)nc3c2ccc2c(-c4ccccc4)cc(-c4ccc(C(c5ccccc5)c5ccccc5)cc4)nc23)cc1. The van der Waals surface area contributed by atoms with Crippen LogP contribution in [0.2, 0.25) is 0 Å². The Bertz CT molecular complexity index is 3010. The van der Waals surface area contributed by atoms with Gasteiger partial charge in [0.1, 0.15) is 0 Å². The van der Waals surface area contributed by atoms with Crippen LogP contribution in [0, 0.1) is 0 Å². The van der Waals surface area contributed by atoms with E-state index < -0.39 is 0 Å². The van der Waals surface area contributed by atoms with E-state index in [2.05, 4.69) is 255 Å². The lowest BCUT2D eigenvalue weighted by atomic mass is 9.84. The molecule has 2 nitrogen and oxygen atoms in total. The Balaban J connectivity index is 1.08. The molecule has 0 saturated heterocycles. The van der Waals surface area contributed by atoms with Gasteiger partial charge in [-0.15, -0.1) is 0 Å². The van der Waals surface area contributed by atoms with Crippen LogP contribution in [0.25, 0.3) is 66.6 Å². The van der Waals surface area contributed by atoms with E-state index in [1.807, 2.05) is 0 Å². The van der Waals surface area contributed by atoms with Gasteiger partial charge in [-0.05, 0) is 67.8 Å². The smallest absolute Gasteiger partial charge is 0.0978 e. The maximum absolute atomic E-state index is 5.56. The lowest BCUT2D eigenvalue weighted by Crippen LogP contribution is -2.03. The lowest BCUT2D eigenvalue weighted by molar-refractivity contribution is 0.977. The Morgan fingerprint density at radius 1 is 0.234 bits per heavy atom. The molecule has 64 heavy (non-hydrogen) atoms. The zero-order valence-corrected chi connectivity index (χ0v) is 35.3. The molecule has 9 aromatic carbocycles. The van der Waals surface area contributed by atoms with Crippen LogP contribution in [-0.2, 0) is 0 Å². The maximum Gasteiger partial charge on any atom is 0.0978 e. The van der Waals surface area contributed by atoms with Gasteiger partial charge in [-0.3, -0.25) is 0 Å². The fourth-order valence-corrected chi connectivity index (χ4v) is 9.41. The molecular weight excluding hydrogens is 773 g/mol. The van der Waals surface area contributed by atoms with E-state index in [0.29, 0.717) is 0 Å². The molecule has 2 heterocycles. The van der Waals surface area contributed by atoms with Crippen LogP contribution < -0.4 is 0 Å². The highest BCUT2D eigenvalue weighted by molar-refractivity contribution is 6.13. The van der Waals surface area contributed by atoms with Crippen LogP contribution in [0.3, 0.4) is 0 Å². The van der Waals surface area contributed by atoms with Gasteiger partial charge in [0.25, 0.3) is 0 Å². The summed E-state index contributed by atoms with van der Waals surface area (Å²) in [6.45, 7) is 0. The van der Waals surface area contributed by atoms with Crippen molar-refractivity contribution in [1.29, 1.82) is 0 Å². The monoisotopic (exact) mass is 816 g/mol. The lowest BCUT2D eigenvalue weighted by Gasteiger charge is -2.20. The summed E-state index contributed by atoms with van der Waals surface area (Å²) in [6, 6.07) is 91.4. The zero-order valence-electron chi connectivity index (χ0n) is 35.3. The summed E-state index contributed by atoms with van der Waals surface area (Å²) in [5, 5.41) is 2.14. The van der Waals surface area contributed by atoms with Gasteiger partial charge >= 0.3 is 0 Å². The molecular formula is C62H44N2. The fourth-order valence-electron chi connectivity index (χ4n) is 9.41. The summed E-state index contributed by atoms with van der Waals surface area (Å²) in [6.07, 6.45) is 0. The molecule has 0 fully saturated rings. The first-order chi connectivity index (χ1) is 31.7. The normalized spacial score (nSPS) is 11.4. The van der Waals surface area contributed by atoms with E-state index in [-0.39, 0.29) is 11.8 Å². The third-order valence-electron chi connectivity index (χ3n) is 12.5. The number of nitrogens with zero attached hydrogens (tertiary/aromatic N) is 2. The second kappa shape index (κ2) is 17.3. The molecule has 0 aliphatic carbocycles. The van der Waals surface area contributed by atoms with Crippen LogP contribution in [0.15, 0.2) is 255 Å². The van der Waals surface area contributed by atoms with Crippen molar-refractivity contribution in [3.8, 4) is 44.8 Å². The van der Waals surface area contributed by atoms with Gasteiger partial charge in [-0.1, -0.05) is 243 Å². The first-order valence-corrected chi connectivity index (χ1v) is 22.0. The summed E-state index contributed by atoms with van der Waals surface area (Å²) in [5.74, 6) is 0.223. The average molecular weight is 817 g/mol. The van der Waals surface area contributed by atoms with Gasteiger partial charge in [0.15, 0.2) is 0 Å². The van der Waals surface area contributed by atoms with Gasteiger partial charge in [0, 0.05) is 33.7 Å². The van der Waals surface area contributed by atoms with Crippen molar-refractivity contribution < 1.29 is 0 Å². The van der Waals surface area contributed by atoms with Gasteiger partial charge < -0.3 is 0 Å². The second-order valence-electron chi connectivity index (χ2n) is 16.5. The Kier molecular flexibility index (Phi) is 10.5. The highest BCUT2D eigenvalue weighted by atomic mass is 14.8. The Morgan fingerprint density at radius 3 is 0.797 bits per heavy atom. The third-order valence-corrected chi connectivity index (χ3v) is 12.5. The topological polar surface area (TPSA) is 25.8 Å². The maximum atomic E-state index is 5.56. The van der Waals surface area contributed by atoms with Crippen molar-refractivity contribution in [2.45, 2.75) is 11.8 Å². The third kappa shape index (κ3) is 7.57. The Hall–Kier alpha value is -8.20. The standard InChI is InChI=1S/C62H44N2/c1-7-19-43(20-8-1)55-41-57(45-31-35-51(36-32-45)59(47-23-11-3-12-24-47)48-25-13-4-14-26-48)63-61-53(55)39-40-54-56(44-21-9-2-10-22-44)42-58(64-62(54)61)46-33-37-52(38-34-46)60(49-27-15-5-16-28-49)50-29-17-6-18-30-50/h1-42,59-60H. The van der Waals surface area contributed by atoms with Crippen LogP contribution in [-0.4, -0.2) is 9.97 Å². The van der Waals surface area contributed by atoms with Crippen molar-refractivity contribution in [2.75, 3.05) is 0 Å². The molecule has 2 aromatic heterocycles. The largest absolute Gasteiger partial charge is 0.245 e. The van der Waals surface area contributed by atoms with Crippen molar-refractivity contribution >= 4 is 21.8 Å². The van der Waals surface area contributed by atoms with E-state index >= 15 is 0 Å². The summed E-state index contributed by atoms with van der Waals surface area (Å²) >= 11 is 0. The zero-order chi connectivity index (χ0) is 42.7. The van der Waals surface area contributed by atoms with Crippen molar-refractivity contribution in [1.82, 2.24) is 9.97 Å². The van der Waals surface area contributed by atoms with Crippen molar-refractivity contribution in [3.05, 3.63) is 288 Å². The molecule has 0 atom stereocenters. The molecule has 11 aromatic rings. The van der Waals surface area contributed by atoms with E-state index in [1.165, 1.54) is 33.4 Å². The minimum Gasteiger partial charge on any atom is -0.245 e. The van der Waals surface area contributed by atoms with E-state index in [0.717, 1.165) is 66.6 Å². The quantitative estimate of drug-likeness (QED) is 0.101. The minimum absolute atomic E-state index is 0.112. The number of hydrogen-bond donors (Lipinski definition) is 0. The Labute approximate surface area is 374 Å². The minimum atomic E-state index is 0.112. The number of pyridine rings is 2. The van der Waals surface area contributed by atoms with Gasteiger partial charge in [0.05, 0.1) is 22.4 Å². The molecule has 0 bridgehead atoms. The van der Waals surface area contributed by atoms with Gasteiger partial charge in [-0.25, -0.2) is 9.97 Å². The molecule has 11 rings (SSSR count). The molecule has 0 unspecified atom stereocenters. The molecule has 0 amide bonds. The van der Waals surface area contributed by atoms with Crippen LogP contribution in [0.4, 0.5) is 0 Å². The predicted molar refractivity (Wildman–Crippen MR) is 266 cm³/mol. The van der Waals surface area contributed by atoms with Crippen LogP contribution in [0.1, 0.15) is 45.2 Å². The molecule has 0 N–H and O–H groups in total. The summed E-state index contributed by atoms with van der Waals surface area (Å²) < 4.78 is 0. The number of benzene rings is 9. The van der Waals surface area contributed by atoms with Crippen LogP contribution in [0.5, 0.6) is 0 Å². The molecule has 0 aliphatic heterocycles. The fraction of sp³-hybridized carbons (Fsp3) is 0.0323. The molecule has 0 radical (unpaired) electrons. The van der Waals surface area contributed by atoms with Crippen molar-refractivity contribution in [2.24, 2.45) is 0 Å². The summed E-state index contributed by atoms with van der Waals surface area (Å²) in [4.78, 5) is 11.1. The number of rotatable bonds is 10. The predicted octanol–water partition coefficient (Wildman–Crippen LogP) is 15.8. The summed E-state index contributed by atoms with van der Waals surface area (Å²) in [7, 11) is 0. The average Bonchev–Trinajstić information content (AvgIpc) is 3.38. The second-order valence-corrected chi connectivity index (χ2v) is 16.5. The highest BCUT2D eigenvalue weighted by Crippen LogP contribution is 2.41. The first-order valence-electron chi connectivity index (χ1n) is 22.0. The van der Waals surface area contributed by atoms with Gasteiger partial charge in [0.2, 0.25) is 0 Å². The van der Waals surface area contributed by atoms with E-state index in [4.69, 9.17) is 9.97 Å². The highest BCUT2D eigenvalue weighted by Gasteiger charge is 2.21. The van der Waals surface area contributed by atoms with Gasteiger partial charge in [-0.2, -0.15) is 0 Å². The molecule has 302 valence electrons. The summed E-state index contributed by atoms with van der Waals surface area (Å²) in [5.41, 5.74) is 17.8. The number of fused-ring (bicyclic) bond motifs is 3. The van der Waals surface area contributed by atoms with Crippen molar-refractivity contribution in [3.63, 3.8) is 0 Å². The first kappa shape index (κ1) is 38.7. The number of hydrogen-bond acceptors (Lipinski definition) is 2. The Morgan fingerprint density at radius 2 is 0.500 bits per heavy atom. The van der Waals surface area contributed by atoms with E-state index in [9.17, 15) is 0 Å².